The molecule has 0 saturated carbocycles. The fraction of sp³-hybridized carbons (Fsp3) is 0.400. The molecule has 1 aliphatic rings. The Morgan fingerprint density at radius 3 is 3.06 bits per heavy atom. The predicted molar refractivity (Wildman–Crippen MR) is 70.2 cm³/mol. The van der Waals surface area contributed by atoms with Crippen molar-refractivity contribution >= 4 is 11.0 Å². The topological polar surface area (TPSA) is 40.2 Å². The van der Waals surface area contributed by atoms with Crippen molar-refractivity contribution in [1.82, 2.24) is 4.90 Å². The minimum atomic E-state index is 0.495. The van der Waals surface area contributed by atoms with E-state index < -0.39 is 0 Å². The third kappa shape index (κ3) is 1.53. The SMILES string of the molecule is CCC1Cc2c(C#N)ccc3occ(c23)CN1C. The highest BCUT2D eigenvalue weighted by molar-refractivity contribution is 5.87. The quantitative estimate of drug-likeness (QED) is 0.769. The largest absolute Gasteiger partial charge is 0.464 e. The van der Waals surface area contributed by atoms with Crippen molar-refractivity contribution in [1.29, 1.82) is 5.26 Å². The van der Waals surface area contributed by atoms with Gasteiger partial charge < -0.3 is 4.42 Å². The summed E-state index contributed by atoms with van der Waals surface area (Å²) < 4.78 is 5.60. The van der Waals surface area contributed by atoms with Gasteiger partial charge in [-0.15, -0.1) is 0 Å². The molecule has 0 bridgehead atoms. The van der Waals surface area contributed by atoms with Crippen molar-refractivity contribution in [2.75, 3.05) is 7.05 Å². The van der Waals surface area contributed by atoms with Crippen LogP contribution < -0.4 is 0 Å². The summed E-state index contributed by atoms with van der Waals surface area (Å²) in [5.41, 5.74) is 4.06. The summed E-state index contributed by atoms with van der Waals surface area (Å²) in [7, 11) is 2.14. The molecule has 0 amide bonds. The van der Waals surface area contributed by atoms with Crippen LogP contribution in [0, 0.1) is 11.3 Å². The standard InChI is InChI=1S/C15H16N2O/c1-3-12-6-13-10(7-16)4-5-14-15(13)11(9-18-14)8-17(12)2/h4-5,9,12H,3,6,8H2,1-2H3. The van der Waals surface area contributed by atoms with Crippen LogP contribution in [0.1, 0.15) is 30.0 Å². The molecule has 0 saturated heterocycles. The third-order valence-corrected chi connectivity index (χ3v) is 4.00. The van der Waals surface area contributed by atoms with Crippen molar-refractivity contribution in [2.45, 2.75) is 32.4 Å². The van der Waals surface area contributed by atoms with Gasteiger partial charge >= 0.3 is 0 Å². The van der Waals surface area contributed by atoms with Crippen LogP contribution in [0.3, 0.4) is 0 Å². The molecule has 18 heavy (non-hydrogen) atoms. The number of nitrogens with zero attached hydrogens (tertiary/aromatic N) is 2. The van der Waals surface area contributed by atoms with Crippen molar-refractivity contribution in [3.8, 4) is 6.07 Å². The minimum absolute atomic E-state index is 0.495. The number of furan rings is 1. The first-order valence-electron chi connectivity index (χ1n) is 6.37. The molecule has 1 aromatic carbocycles. The minimum Gasteiger partial charge on any atom is -0.464 e. The maximum absolute atomic E-state index is 9.28. The van der Waals surface area contributed by atoms with Crippen LogP contribution in [0.5, 0.6) is 0 Å². The predicted octanol–water partition coefficient (Wildman–Crippen LogP) is 3.07. The zero-order valence-electron chi connectivity index (χ0n) is 10.7. The lowest BCUT2D eigenvalue weighted by molar-refractivity contribution is 0.229. The Morgan fingerprint density at radius 2 is 2.33 bits per heavy atom. The second-order valence-corrected chi connectivity index (χ2v) is 5.02. The second kappa shape index (κ2) is 4.15. The molecule has 0 N–H and O–H groups in total. The highest BCUT2D eigenvalue weighted by Gasteiger charge is 2.24. The molecule has 3 nitrogen and oxygen atoms in total. The number of nitriles is 1. The molecular weight excluding hydrogens is 224 g/mol. The van der Waals surface area contributed by atoms with E-state index in [9.17, 15) is 5.26 Å². The van der Waals surface area contributed by atoms with E-state index in [0.29, 0.717) is 6.04 Å². The lowest BCUT2D eigenvalue weighted by atomic mass is 9.96. The number of hydrogen-bond acceptors (Lipinski definition) is 3. The van der Waals surface area contributed by atoms with Gasteiger partial charge in [0.15, 0.2) is 0 Å². The normalized spacial score (nSPS) is 19.7. The average molecular weight is 240 g/mol. The number of rotatable bonds is 1. The fourth-order valence-electron chi connectivity index (χ4n) is 2.95. The monoisotopic (exact) mass is 240 g/mol. The van der Waals surface area contributed by atoms with Gasteiger partial charge in [-0.1, -0.05) is 6.92 Å². The van der Waals surface area contributed by atoms with Gasteiger partial charge in [0.2, 0.25) is 0 Å². The summed E-state index contributed by atoms with van der Waals surface area (Å²) in [6.07, 6.45) is 3.86. The Kier molecular flexibility index (Phi) is 2.61. The Morgan fingerprint density at radius 1 is 1.50 bits per heavy atom. The van der Waals surface area contributed by atoms with Crippen LogP contribution in [-0.2, 0) is 13.0 Å². The lowest BCUT2D eigenvalue weighted by Gasteiger charge is -2.24. The first-order chi connectivity index (χ1) is 8.74. The summed E-state index contributed by atoms with van der Waals surface area (Å²) in [5, 5.41) is 10.4. The average Bonchev–Trinajstić information content (AvgIpc) is 2.72. The second-order valence-electron chi connectivity index (χ2n) is 5.02. The van der Waals surface area contributed by atoms with Gasteiger partial charge in [-0.25, -0.2) is 0 Å². The molecule has 1 aromatic heterocycles. The van der Waals surface area contributed by atoms with Gasteiger partial charge in [0.25, 0.3) is 0 Å². The van der Waals surface area contributed by atoms with Gasteiger partial charge in [0.1, 0.15) is 5.58 Å². The number of benzene rings is 1. The molecule has 1 unspecified atom stereocenters. The van der Waals surface area contributed by atoms with E-state index in [1.807, 2.05) is 18.4 Å². The highest BCUT2D eigenvalue weighted by Crippen LogP contribution is 2.33. The van der Waals surface area contributed by atoms with Crippen LogP contribution in [-0.4, -0.2) is 18.0 Å². The number of hydrogen-bond donors (Lipinski definition) is 0. The van der Waals surface area contributed by atoms with Gasteiger partial charge in [-0.3, -0.25) is 4.90 Å². The molecule has 2 aromatic rings. The van der Waals surface area contributed by atoms with Crippen molar-refractivity contribution in [2.24, 2.45) is 0 Å². The molecule has 0 aliphatic carbocycles. The van der Waals surface area contributed by atoms with Crippen molar-refractivity contribution < 1.29 is 4.42 Å². The Balaban J connectivity index is 2.27. The summed E-state index contributed by atoms with van der Waals surface area (Å²) in [6.45, 7) is 3.10. The van der Waals surface area contributed by atoms with E-state index in [4.69, 9.17) is 4.42 Å². The Labute approximate surface area is 107 Å². The Hall–Kier alpha value is -1.79. The van der Waals surface area contributed by atoms with Gasteiger partial charge in [0, 0.05) is 23.5 Å². The van der Waals surface area contributed by atoms with E-state index in [1.165, 1.54) is 5.56 Å². The van der Waals surface area contributed by atoms with E-state index in [-0.39, 0.29) is 0 Å². The summed E-state index contributed by atoms with van der Waals surface area (Å²) in [4.78, 5) is 2.35. The molecule has 3 rings (SSSR count). The first-order valence-corrected chi connectivity index (χ1v) is 6.37. The molecule has 1 aliphatic heterocycles. The van der Waals surface area contributed by atoms with E-state index in [2.05, 4.69) is 24.9 Å². The van der Waals surface area contributed by atoms with Crippen LogP contribution in [0.15, 0.2) is 22.8 Å². The maximum Gasteiger partial charge on any atom is 0.134 e. The van der Waals surface area contributed by atoms with Crippen LogP contribution in [0.2, 0.25) is 0 Å². The Bertz CT molecular complexity index is 636. The molecule has 3 heteroatoms. The smallest absolute Gasteiger partial charge is 0.134 e. The van der Waals surface area contributed by atoms with E-state index >= 15 is 0 Å². The van der Waals surface area contributed by atoms with E-state index in [0.717, 1.165) is 41.5 Å². The third-order valence-electron chi connectivity index (χ3n) is 4.00. The molecule has 0 radical (unpaired) electrons. The van der Waals surface area contributed by atoms with Gasteiger partial charge in [0.05, 0.1) is 17.9 Å². The number of likely N-dealkylation sites (N-methyl/N-ethyl adjacent to an activating group) is 1. The molecule has 0 spiro atoms. The maximum atomic E-state index is 9.28. The molecule has 92 valence electrons. The highest BCUT2D eigenvalue weighted by atomic mass is 16.3. The first kappa shape index (κ1) is 11.3. The molecular formula is C15H16N2O. The summed E-state index contributed by atoms with van der Waals surface area (Å²) in [6, 6.07) is 6.60. The fourth-order valence-corrected chi connectivity index (χ4v) is 2.95. The van der Waals surface area contributed by atoms with Crippen molar-refractivity contribution in [3.63, 3.8) is 0 Å². The van der Waals surface area contributed by atoms with Crippen molar-refractivity contribution in [3.05, 3.63) is 35.1 Å². The van der Waals surface area contributed by atoms with Crippen LogP contribution in [0.25, 0.3) is 11.0 Å². The van der Waals surface area contributed by atoms with Gasteiger partial charge in [-0.2, -0.15) is 5.26 Å². The van der Waals surface area contributed by atoms with E-state index in [1.54, 1.807) is 0 Å². The molecule has 2 heterocycles. The zero-order chi connectivity index (χ0) is 12.7. The van der Waals surface area contributed by atoms with Gasteiger partial charge in [-0.05, 0) is 37.6 Å². The lowest BCUT2D eigenvalue weighted by Crippen LogP contribution is -2.31. The summed E-state index contributed by atoms with van der Waals surface area (Å²) >= 11 is 0. The summed E-state index contributed by atoms with van der Waals surface area (Å²) in [5.74, 6) is 0. The van der Waals surface area contributed by atoms with Crippen LogP contribution >= 0.6 is 0 Å². The molecule has 1 atom stereocenters. The van der Waals surface area contributed by atoms with Crippen LogP contribution in [0.4, 0.5) is 0 Å². The molecule has 0 fully saturated rings. The zero-order valence-corrected chi connectivity index (χ0v) is 10.7.